The smallest absolute Gasteiger partial charge is 0.309 e. The van der Waals surface area contributed by atoms with E-state index in [1.165, 1.54) is 0 Å². The van der Waals surface area contributed by atoms with Crippen molar-refractivity contribution in [1.82, 2.24) is 0 Å². The van der Waals surface area contributed by atoms with E-state index in [4.69, 9.17) is 14.7 Å². The van der Waals surface area contributed by atoms with Gasteiger partial charge in [-0.25, -0.2) is 0 Å². The van der Waals surface area contributed by atoms with Crippen molar-refractivity contribution in [2.24, 2.45) is 5.92 Å². The first-order chi connectivity index (χ1) is 11.7. The monoisotopic (exact) mass is 331 g/mol. The SMILES string of the molecule is CCOC(=O)C1CC[NH+](CCCCOc2ccc(C#N)cc2)CC1. The highest BCUT2D eigenvalue weighted by molar-refractivity contribution is 5.72. The first-order valence-corrected chi connectivity index (χ1v) is 8.86. The summed E-state index contributed by atoms with van der Waals surface area (Å²) < 4.78 is 10.8. The Labute approximate surface area is 144 Å². The number of nitriles is 1. The number of likely N-dealkylation sites (tertiary alicyclic amines) is 1. The van der Waals surface area contributed by atoms with E-state index >= 15 is 0 Å². The van der Waals surface area contributed by atoms with Crippen LogP contribution in [-0.4, -0.2) is 38.8 Å². The van der Waals surface area contributed by atoms with E-state index in [9.17, 15) is 4.79 Å². The lowest BCUT2D eigenvalue weighted by Crippen LogP contribution is -3.13. The van der Waals surface area contributed by atoms with Crippen LogP contribution >= 0.6 is 0 Å². The van der Waals surface area contributed by atoms with Gasteiger partial charge in [0.2, 0.25) is 0 Å². The molecule has 0 saturated carbocycles. The number of ether oxygens (including phenoxy) is 2. The van der Waals surface area contributed by atoms with Gasteiger partial charge in [0.25, 0.3) is 0 Å². The van der Waals surface area contributed by atoms with Gasteiger partial charge in [0.1, 0.15) is 5.75 Å². The molecule has 5 heteroatoms. The molecule has 0 radical (unpaired) electrons. The number of carbonyl (C=O) groups is 1. The van der Waals surface area contributed by atoms with Crippen molar-refractivity contribution >= 4 is 5.97 Å². The zero-order valence-electron chi connectivity index (χ0n) is 14.4. The quantitative estimate of drug-likeness (QED) is 0.580. The number of benzene rings is 1. The van der Waals surface area contributed by atoms with E-state index in [1.54, 1.807) is 17.0 Å². The topological polar surface area (TPSA) is 63.8 Å². The third-order valence-corrected chi connectivity index (χ3v) is 4.49. The van der Waals surface area contributed by atoms with Crippen molar-refractivity contribution in [3.05, 3.63) is 29.8 Å². The van der Waals surface area contributed by atoms with Crippen LogP contribution in [0.2, 0.25) is 0 Å². The zero-order chi connectivity index (χ0) is 17.2. The number of hydrogen-bond donors (Lipinski definition) is 1. The first kappa shape index (κ1) is 18.3. The Morgan fingerprint density at radius 2 is 1.96 bits per heavy atom. The van der Waals surface area contributed by atoms with Crippen LogP contribution in [0.25, 0.3) is 0 Å². The van der Waals surface area contributed by atoms with E-state index in [-0.39, 0.29) is 11.9 Å². The molecule has 0 aliphatic carbocycles. The van der Waals surface area contributed by atoms with Gasteiger partial charge in [0.15, 0.2) is 0 Å². The Kier molecular flexibility index (Phi) is 7.57. The Morgan fingerprint density at radius 3 is 2.58 bits per heavy atom. The predicted octanol–water partition coefficient (Wildman–Crippen LogP) is 1.58. The third-order valence-electron chi connectivity index (χ3n) is 4.49. The molecule has 1 fully saturated rings. The van der Waals surface area contributed by atoms with E-state index in [2.05, 4.69) is 6.07 Å². The van der Waals surface area contributed by atoms with Gasteiger partial charge >= 0.3 is 5.97 Å². The third kappa shape index (κ3) is 5.86. The van der Waals surface area contributed by atoms with Crippen LogP contribution in [0.3, 0.4) is 0 Å². The number of rotatable bonds is 8. The first-order valence-electron chi connectivity index (χ1n) is 8.86. The fourth-order valence-electron chi connectivity index (χ4n) is 3.06. The number of nitrogens with one attached hydrogen (secondary N) is 1. The molecular formula is C19H27N2O3+. The molecule has 1 N–H and O–H groups in total. The molecule has 1 saturated heterocycles. The van der Waals surface area contributed by atoms with E-state index in [1.807, 2.05) is 19.1 Å². The lowest BCUT2D eigenvalue weighted by atomic mass is 9.97. The second kappa shape index (κ2) is 9.94. The summed E-state index contributed by atoms with van der Waals surface area (Å²) in [5.74, 6) is 0.900. The van der Waals surface area contributed by atoms with Crippen LogP contribution in [0.5, 0.6) is 5.75 Å². The van der Waals surface area contributed by atoms with Gasteiger partial charge in [-0.15, -0.1) is 0 Å². The summed E-state index contributed by atoms with van der Waals surface area (Å²) in [6.07, 6.45) is 4.02. The minimum Gasteiger partial charge on any atom is -0.494 e. The number of hydrogen-bond acceptors (Lipinski definition) is 4. The number of carbonyl (C=O) groups excluding carboxylic acids is 1. The molecule has 2 rings (SSSR count). The molecule has 24 heavy (non-hydrogen) atoms. The average molecular weight is 331 g/mol. The zero-order valence-corrected chi connectivity index (χ0v) is 14.4. The molecule has 0 unspecified atom stereocenters. The summed E-state index contributed by atoms with van der Waals surface area (Å²) in [4.78, 5) is 13.3. The second-order valence-electron chi connectivity index (χ2n) is 6.22. The molecule has 1 aromatic carbocycles. The summed E-state index contributed by atoms with van der Waals surface area (Å²) in [5.41, 5.74) is 0.650. The van der Waals surface area contributed by atoms with Crippen molar-refractivity contribution in [2.75, 3.05) is 32.8 Å². The molecule has 0 amide bonds. The summed E-state index contributed by atoms with van der Waals surface area (Å²) in [6.45, 7) is 6.28. The van der Waals surface area contributed by atoms with Crippen LogP contribution in [0.4, 0.5) is 0 Å². The largest absolute Gasteiger partial charge is 0.494 e. The molecule has 5 nitrogen and oxygen atoms in total. The Balaban J connectivity index is 1.55. The normalized spacial score (nSPS) is 20.2. The summed E-state index contributed by atoms with van der Waals surface area (Å²) in [5, 5.41) is 8.75. The summed E-state index contributed by atoms with van der Waals surface area (Å²) in [7, 11) is 0. The van der Waals surface area contributed by atoms with Crippen molar-refractivity contribution in [1.29, 1.82) is 5.26 Å². The van der Waals surface area contributed by atoms with Crippen LogP contribution in [-0.2, 0) is 9.53 Å². The summed E-state index contributed by atoms with van der Waals surface area (Å²) >= 11 is 0. The lowest BCUT2D eigenvalue weighted by molar-refractivity contribution is -0.906. The fraction of sp³-hybridized carbons (Fsp3) is 0.579. The van der Waals surface area contributed by atoms with Crippen molar-refractivity contribution < 1.29 is 19.2 Å². The Bertz CT molecular complexity index is 543. The van der Waals surface area contributed by atoms with Gasteiger partial charge in [0.05, 0.1) is 50.4 Å². The van der Waals surface area contributed by atoms with E-state index < -0.39 is 0 Å². The molecule has 0 atom stereocenters. The van der Waals surface area contributed by atoms with E-state index in [0.29, 0.717) is 18.8 Å². The molecule has 1 heterocycles. The fourth-order valence-corrected chi connectivity index (χ4v) is 3.06. The second-order valence-corrected chi connectivity index (χ2v) is 6.22. The molecular weight excluding hydrogens is 304 g/mol. The van der Waals surface area contributed by atoms with Crippen molar-refractivity contribution in [2.45, 2.75) is 32.6 Å². The highest BCUT2D eigenvalue weighted by atomic mass is 16.5. The van der Waals surface area contributed by atoms with E-state index in [0.717, 1.165) is 51.1 Å². The molecule has 0 aromatic heterocycles. The maximum atomic E-state index is 11.7. The maximum Gasteiger partial charge on any atom is 0.309 e. The molecule has 0 spiro atoms. The minimum absolute atomic E-state index is 0.0210. The number of quaternary nitrogens is 1. The van der Waals surface area contributed by atoms with Gasteiger partial charge in [-0.1, -0.05) is 0 Å². The molecule has 130 valence electrons. The van der Waals surface area contributed by atoms with Gasteiger partial charge in [-0.2, -0.15) is 5.26 Å². The van der Waals surface area contributed by atoms with Crippen LogP contribution in [0, 0.1) is 17.2 Å². The summed E-state index contributed by atoms with van der Waals surface area (Å²) in [6, 6.07) is 9.31. The number of piperidine rings is 1. The molecule has 0 bridgehead atoms. The van der Waals surface area contributed by atoms with Crippen LogP contribution in [0.15, 0.2) is 24.3 Å². The van der Waals surface area contributed by atoms with Gasteiger partial charge < -0.3 is 14.4 Å². The molecule has 1 aliphatic rings. The number of esters is 1. The Hall–Kier alpha value is -2.06. The number of unbranched alkanes of at least 4 members (excludes halogenated alkanes) is 1. The van der Waals surface area contributed by atoms with Crippen LogP contribution in [0.1, 0.15) is 38.2 Å². The van der Waals surface area contributed by atoms with Crippen molar-refractivity contribution in [3.8, 4) is 11.8 Å². The standard InChI is InChI=1S/C19H26N2O3/c1-2-23-19(22)17-9-12-21(13-10-17)11-3-4-14-24-18-7-5-16(15-20)6-8-18/h5-8,17H,2-4,9-14H2,1H3/p+1. The van der Waals surface area contributed by atoms with Crippen molar-refractivity contribution in [3.63, 3.8) is 0 Å². The lowest BCUT2D eigenvalue weighted by Gasteiger charge is -2.28. The maximum absolute atomic E-state index is 11.7. The average Bonchev–Trinajstić information content (AvgIpc) is 2.62. The van der Waals surface area contributed by atoms with Gasteiger partial charge in [-0.05, 0) is 44.0 Å². The van der Waals surface area contributed by atoms with Gasteiger partial charge in [-0.3, -0.25) is 4.79 Å². The van der Waals surface area contributed by atoms with Crippen LogP contribution < -0.4 is 9.64 Å². The Morgan fingerprint density at radius 1 is 1.25 bits per heavy atom. The predicted molar refractivity (Wildman–Crippen MR) is 90.8 cm³/mol. The highest BCUT2D eigenvalue weighted by Crippen LogP contribution is 2.13. The van der Waals surface area contributed by atoms with Gasteiger partial charge in [0, 0.05) is 12.8 Å². The number of nitrogens with zero attached hydrogens (tertiary/aromatic N) is 1. The highest BCUT2D eigenvalue weighted by Gasteiger charge is 2.27. The minimum atomic E-state index is -0.0210. The molecule has 1 aliphatic heterocycles. The molecule has 1 aromatic rings.